The van der Waals surface area contributed by atoms with Crippen molar-refractivity contribution in [3.05, 3.63) is 71.3 Å². The molecule has 40 heavy (non-hydrogen) atoms. The van der Waals surface area contributed by atoms with Crippen LogP contribution in [-0.2, 0) is 14.8 Å². The molecule has 1 saturated carbocycles. The van der Waals surface area contributed by atoms with Crippen molar-refractivity contribution in [2.75, 3.05) is 13.1 Å². The SMILES string of the molecule is CCCN(CCC)S(=O)(=O)c1cccc(-c2nn(-c3ccccc3)cc2/C=C2\SC(=S)N(C3CCCC3)C2=O)c1. The number of rotatable bonds is 10. The van der Waals surface area contributed by atoms with Crippen LogP contribution in [0.1, 0.15) is 57.9 Å². The third-order valence-corrected chi connectivity index (χ3v) is 10.5. The summed E-state index contributed by atoms with van der Waals surface area (Å²) < 4.78 is 31.0. The van der Waals surface area contributed by atoms with Crippen LogP contribution in [0.25, 0.3) is 23.0 Å². The van der Waals surface area contributed by atoms with Crippen molar-refractivity contribution >= 4 is 50.3 Å². The molecule has 0 unspecified atom stereocenters. The van der Waals surface area contributed by atoms with Gasteiger partial charge in [0.25, 0.3) is 5.91 Å². The summed E-state index contributed by atoms with van der Waals surface area (Å²) in [4.78, 5) is 16.0. The fraction of sp³-hybridized carbons (Fsp3) is 0.367. The quantitative estimate of drug-likeness (QED) is 0.197. The number of benzene rings is 2. The highest BCUT2D eigenvalue weighted by Gasteiger charge is 2.38. The predicted octanol–water partition coefficient (Wildman–Crippen LogP) is 6.49. The number of thiocarbonyl (C=S) groups is 1. The molecule has 0 radical (unpaired) electrons. The largest absolute Gasteiger partial charge is 0.290 e. The van der Waals surface area contributed by atoms with E-state index in [1.807, 2.05) is 62.5 Å². The molecule has 0 bridgehead atoms. The second-order valence-corrected chi connectivity index (χ2v) is 13.7. The summed E-state index contributed by atoms with van der Waals surface area (Å²) >= 11 is 6.94. The van der Waals surface area contributed by atoms with Gasteiger partial charge in [0.05, 0.1) is 15.5 Å². The molecule has 2 aromatic carbocycles. The molecule has 7 nitrogen and oxygen atoms in total. The Hall–Kier alpha value is -2.79. The van der Waals surface area contributed by atoms with Crippen molar-refractivity contribution in [3.63, 3.8) is 0 Å². The van der Waals surface area contributed by atoms with E-state index in [2.05, 4.69) is 0 Å². The maximum Gasteiger partial charge on any atom is 0.266 e. The van der Waals surface area contributed by atoms with Gasteiger partial charge in [0.15, 0.2) is 0 Å². The van der Waals surface area contributed by atoms with Crippen LogP contribution in [0, 0.1) is 0 Å². The Balaban J connectivity index is 1.57. The van der Waals surface area contributed by atoms with E-state index in [-0.39, 0.29) is 16.8 Å². The molecule has 1 aliphatic heterocycles. The number of carbonyl (C=O) groups is 1. The summed E-state index contributed by atoms with van der Waals surface area (Å²) in [6, 6.07) is 16.8. The Morgan fingerprint density at radius 2 is 1.75 bits per heavy atom. The predicted molar refractivity (Wildman–Crippen MR) is 166 cm³/mol. The fourth-order valence-electron chi connectivity index (χ4n) is 5.33. The summed E-state index contributed by atoms with van der Waals surface area (Å²) in [6.07, 6.45) is 9.39. The third kappa shape index (κ3) is 5.81. The number of thioether (sulfide) groups is 1. The van der Waals surface area contributed by atoms with Crippen LogP contribution in [0.5, 0.6) is 0 Å². The third-order valence-electron chi connectivity index (χ3n) is 7.25. The molecule has 210 valence electrons. The van der Waals surface area contributed by atoms with Gasteiger partial charge in [-0.05, 0) is 56.0 Å². The first-order valence-electron chi connectivity index (χ1n) is 13.9. The maximum absolute atomic E-state index is 13.5. The fourth-order valence-corrected chi connectivity index (χ4v) is 8.39. The number of aromatic nitrogens is 2. The average molecular weight is 595 g/mol. The molecule has 1 aromatic heterocycles. The molecule has 3 aromatic rings. The van der Waals surface area contributed by atoms with Gasteiger partial charge in [-0.15, -0.1) is 0 Å². The molecule has 1 aliphatic carbocycles. The summed E-state index contributed by atoms with van der Waals surface area (Å²) in [5.74, 6) is -0.0635. The van der Waals surface area contributed by atoms with E-state index in [0.717, 1.165) is 49.8 Å². The standard InChI is InChI=1S/C30H34N4O3S3/c1-3-17-32(18-4-2)40(36,37)26-16-10-11-22(19-26)28-23(21-33(31-28)24-12-6-5-7-13-24)20-27-29(35)34(30(38)39-27)25-14-8-9-15-25/h5-7,10-13,16,19-21,25H,3-4,8-9,14-15,17-18H2,1-2H3/b27-20-. The van der Waals surface area contributed by atoms with Gasteiger partial charge in [0.2, 0.25) is 10.0 Å². The lowest BCUT2D eigenvalue weighted by atomic mass is 10.1. The molecule has 5 rings (SSSR count). The maximum atomic E-state index is 13.5. The topological polar surface area (TPSA) is 75.5 Å². The highest BCUT2D eigenvalue weighted by Crippen LogP contribution is 2.39. The first-order chi connectivity index (χ1) is 19.3. The van der Waals surface area contributed by atoms with Gasteiger partial charge in [-0.1, -0.05) is 81.0 Å². The van der Waals surface area contributed by atoms with Gasteiger partial charge in [-0.3, -0.25) is 9.69 Å². The van der Waals surface area contributed by atoms with Crippen molar-refractivity contribution in [1.29, 1.82) is 0 Å². The number of sulfonamides is 1. The van der Waals surface area contributed by atoms with Crippen molar-refractivity contribution in [3.8, 4) is 16.9 Å². The minimum atomic E-state index is -3.67. The molecular weight excluding hydrogens is 561 g/mol. The number of hydrogen-bond donors (Lipinski definition) is 0. The molecule has 0 N–H and O–H groups in total. The first-order valence-corrected chi connectivity index (χ1v) is 16.5. The number of para-hydroxylation sites is 1. The Kier molecular flexibility index (Phi) is 8.89. The molecule has 2 heterocycles. The van der Waals surface area contributed by atoms with Crippen LogP contribution in [0.15, 0.2) is 70.6 Å². The molecular formula is C30H34N4O3S3. The Bertz CT molecular complexity index is 1520. The smallest absolute Gasteiger partial charge is 0.266 e. The average Bonchev–Trinajstić information content (AvgIpc) is 3.69. The molecule has 10 heteroatoms. The van der Waals surface area contributed by atoms with Gasteiger partial charge >= 0.3 is 0 Å². The highest BCUT2D eigenvalue weighted by atomic mass is 32.2. The number of amides is 1. The molecule has 2 aliphatic rings. The number of carbonyl (C=O) groups excluding carboxylic acids is 1. The molecule has 1 amide bonds. The van der Waals surface area contributed by atoms with Crippen molar-refractivity contribution in [2.45, 2.75) is 63.3 Å². The normalized spacial score (nSPS) is 17.6. The minimum absolute atomic E-state index is 0.0635. The van der Waals surface area contributed by atoms with E-state index in [0.29, 0.717) is 33.6 Å². The zero-order valence-corrected chi connectivity index (χ0v) is 25.3. The Morgan fingerprint density at radius 3 is 2.42 bits per heavy atom. The number of hydrogen-bond acceptors (Lipinski definition) is 6. The summed E-state index contributed by atoms with van der Waals surface area (Å²) in [7, 11) is -3.67. The van der Waals surface area contributed by atoms with E-state index in [1.165, 1.54) is 11.8 Å². The van der Waals surface area contributed by atoms with Gasteiger partial charge in [-0.2, -0.15) is 9.40 Å². The second kappa shape index (κ2) is 12.4. The zero-order chi connectivity index (χ0) is 28.3. The van der Waals surface area contributed by atoms with Crippen LogP contribution in [0.3, 0.4) is 0 Å². The Labute approximate surface area is 246 Å². The van der Waals surface area contributed by atoms with E-state index in [9.17, 15) is 13.2 Å². The van der Waals surface area contributed by atoms with Gasteiger partial charge in [-0.25, -0.2) is 13.1 Å². The monoisotopic (exact) mass is 594 g/mol. The molecule has 0 atom stereocenters. The zero-order valence-electron chi connectivity index (χ0n) is 22.8. The van der Waals surface area contributed by atoms with E-state index in [4.69, 9.17) is 17.3 Å². The van der Waals surface area contributed by atoms with Gasteiger partial charge in [0.1, 0.15) is 10.0 Å². The summed E-state index contributed by atoms with van der Waals surface area (Å²) in [5, 5.41) is 4.87. The van der Waals surface area contributed by atoms with E-state index in [1.54, 1.807) is 32.1 Å². The van der Waals surface area contributed by atoms with Crippen molar-refractivity contribution in [1.82, 2.24) is 19.0 Å². The first kappa shape index (κ1) is 28.7. The summed E-state index contributed by atoms with van der Waals surface area (Å²) in [6.45, 7) is 4.90. The van der Waals surface area contributed by atoms with Crippen molar-refractivity contribution < 1.29 is 13.2 Å². The lowest BCUT2D eigenvalue weighted by molar-refractivity contribution is -0.123. The minimum Gasteiger partial charge on any atom is -0.290 e. The van der Waals surface area contributed by atoms with Crippen LogP contribution in [0.2, 0.25) is 0 Å². The van der Waals surface area contributed by atoms with Crippen LogP contribution < -0.4 is 0 Å². The van der Waals surface area contributed by atoms with Crippen LogP contribution >= 0.6 is 24.0 Å². The molecule has 0 spiro atoms. The molecule has 1 saturated heterocycles. The van der Waals surface area contributed by atoms with E-state index < -0.39 is 10.0 Å². The van der Waals surface area contributed by atoms with Gasteiger partial charge < -0.3 is 0 Å². The van der Waals surface area contributed by atoms with Crippen LogP contribution in [-0.4, -0.2) is 56.8 Å². The Morgan fingerprint density at radius 1 is 1.05 bits per heavy atom. The molecule has 2 fully saturated rings. The number of nitrogens with zero attached hydrogens (tertiary/aromatic N) is 4. The highest BCUT2D eigenvalue weighted by molar-refractivity contribution is 8.26. The van der Waals surface area contributed by atoms with Crippen LogP contribution in [0.4, 0.5) is 0 Å². The lowest BCUT2D eigenvalue weighted by Crippen LogP contribution is -2.36. The van der Waals surface area contributed by atoms with Gasteiger partial charge in [0, 0.05) is 36.5 Å². The van der Waals surface area contributed by atoms with E-state index >= 15 is 0 Å². The van der Waals surface area contributed by atoms with Crippen molar-refractivity contribution in [2.24, 2.45) is 0 Å². The lowest BCUT2D eigenvalue weighted by Gasteiger charge is -2.21. The second-order valence-electron chi connectivity index (χ2n) is 10.1. The summed E-state index contributed by atoms with van der Waals surface area (Å²) in [5.41, 5.74) is 2.86.